The molecule has 29 heavy (non-hydrogen) atoms. The molecule has 8 heteroatoms. The van der Waals surface area contributed by atoms with Crippen LogP contribution in [0.25, 0.3) is 0 Å². The summed E-state index contributed by atoms with van der Waals surface area (Å²) in [6.45, 7) is 1.82. The Labute approximate surface area is 170 Å². The summed E-state index contributed by atoms with van der Waals surface area (Å²) in [5.74, 6) is -0.285. The Kier molecular flexibility index (Phi) is 6.16. The van der Waals surface area contributed by atoms with E-state index in [0.29, 0.717) is 11.1 Å². The van der Waals surface area contributed by atoms with Crippen molar-refractivity contribution in [3.05, 3.63) is 65.2 Å². The molecule has 0 unspecified atom stereocenters. The van der Waals surface area contributed by atoms with E-state index in [1.165, 1.54) is 17.0 Å². The summed E-state index contributed by atoms with van der Waals surface area (Å²) in [6.07, 6.45) is 4.11. The predicted octanol–water partition coefficient (Wildman–Crippen LogP) is 1.73. The summed E-state index contributed by atoms with van der Waals surface area (Å²) in [4.78, 5) is 25.9. The maximum atomic E-state index is 12.3. The van der Waals surface area contributed by atoms with Gasteiger partial charge < -0.3 is 10.3 Å². The van der Waals surface area contributed by atoms with Crippen LogP contribution in [0.2, 0.25) is 0 Å². The number of fused-ring (bicyclic) bond motifs is 1. The van der Waals surface area contributed by atoms with Crippen LogP contribution in [0.3, 0.4) is 0 Å². The lowest BCUT2D eigenvalue weighted by Crippen LogP contribution is -2.71. The molecule has 1 aliphatic heterocycles. The molecule has 0 saturated heterocycles. The summed E-state index contributed by atoms with van der Waals surface area (Å²) >= 11 is 0. The topological polar surface area (TPSA) is 122 Å². The molecule has 1 aliphatic carbocycles. The Morgan fingerprint density at radius 2 is 1.45 bits per heavy atom. The van der Waals surface area contributed by atoms with Gasteiger partial charge in [0.05, 0.1) is 22.1 Å². The molecule has 4 rings (SSSR count). The van der Waals surface area contributed by atoms with Gasteiger partial charge in [0.25, 0.3) is 11.8 Å². The highest BCUT2D eigenvalue weighted by molar-refractivity contribution is 7.85. The summed E-state index contributed by atoms with van der Waals surface area (Å²) in [6, 6.07) is 13.0. The monoisotopic (exact) mass is 416 g/mol. The number of benzene rings is 2. The molecule has 2 atom stereocenters. The smallest absolute Gasteiger partial charge is 0.262 e. The normalized spacial score (nSPS) is 21.4. The van der Waals surface area contributed by atoms with Crippen LogP contribution in [0, 0.1) is 6.92 Å². The fourth-order valence-corrected chi connectivity index (χ4v) is 4.21. The third-order valence-electron chi connectivity index (χ3n) is 5.34. The lowest BCUT2D eigenvalue weighted by Gasteiger charge is -2.32. The third kappa shape index (κ3) is 4.55. The van der Waals surface area contributed by atoms with Crippen LogP contribution in [0.4, 0.5) is 0 Å². The number of nitrogens with zero attached hydrogens (tertiary/aromatic N) is 1. The number of amides is 2. The number of hydrogen-bond acceptors (Lipinski definition) is 5. The summed E-state index contributed by atoms with van der Waals surface area (Å²) in [5.41, 5.74) is 6.12. The average Bonchev–Trinajstić information content (AvgIpc) is 2.94. The van der Waals surface area contributed by atoms with E-state index in [-0.39, 0.29) is 28.8 Å². The van der Waals surface area contributed by atoms with Crippen LogP contribution in [-0.2, 0) is 10.1 Å². The summed E-state index contributed by atoms with van der Waals surface area (Å²) < 4.78 is 31.2. The largest absolute Gasteiger partial charge is 0.744 e. The van der Waals surface area contributed by atoms with Gasteiger partial charge in [-0.1, -0.05) is 36.2 Å². The quantitative estimate of drug-likeness (QED) is 0.590. The predicted molar refractivity (Wildman–Crippen MR) is 105 cm³/mol. The maximum Gasteiger partial charge on any atom is 0.262 e. The Morgan fingerprint density at radius 1 is 0.931 bits per heavy atom. The van der Waals surface area contributed by atoms with Crippen molar-refractivity contribution in [1.29, 1.82) is 0 Å². The standard InChI is InChI=1S/C14H16N2O2.C7H8O3S/c15-11-7-3-4-8-12(11)16-13(17)9-5-1-2-6-10(9)14(16)18;1-6-2-4-7(5-3-6)11(8,9)10/h1-2,5-6,11-12H,3-4,7-8,15H2;2-5H,1H3,(H,8,9,10)/t11-,12-;/m1./s1. The van der Waals surface area contributed by atoms with Crippen molar-refractivity contribution in [2.45, 2.75) is 49.6 Å². The van der Waals surface area contributed by atoms with Gasteiger partial charge in [-0.05, 0) is 44.0 Å². The van der Waals surface area contributed by atoms with Crippen molar-refractivity contribution < 1.29 is 28.3 Å². The van der Waals surface area contributed by atoms with Crippen LogP contribution < -0.4 is 5.73 Å². The number of rotatable bonds is 2. The van der Waals surface area contributed by atoms with Crippen molar-refractivity contribution in [3.63, 3.8) is 0 Å². The maximum absolute atomic E-state index is 12.3. The molecule has 3 N–H and O–H groups in total. The molecular formula is C21H24N2O5S. The van der Waals surface area contributed by atoms with E-state index in [0.717, 1.165) is 31.2 Å². The molecule has 0 bridgehead atoms. The zero-order valence-corrected chi connectivity index (χ0v) is 17.0. The molecule has 2 amide bonds. The molecule has 2 aromatic carbocycles. The zero-order chi connectivity index (χ0) is 21.2. The number of quaternary nitrogens is 1. The first-order valence-corrected chi connectivity index (χ1v) is 10.9. The summed E-state index contributed by atoms with van der Waals surface area (Å²) in [5, 5.41) is 0. The van der Waals surface area contributed by atoms with E-state index in [4.69, 9.17) is 0 Å². The van der Waals surface area contributed by atoms with Crippen LogP contribution >= 0.6 is 0 Å². The Bertz CT molecular complexity index is 983. The highest BCUT2D eigenvalue weighted by Gasteiger charge is 2.43. The second-order valence-corrected chi connectivity index (χ2v) is 8.78. The minimum absolute atomic E-state index is 0.0221. The molecule has 2 aromatic rings. The van der Waals surface area contributed by atoms with Gasteiger partial charge in [0.2, 0.25) is 0 Å². The first-order valence-electron chi connectivity index (χ1n) is 9.52. The fourth-order valence-electron chi connectivity index (χ4n) is 3.74. The van der Waals surface area contributed by atoms with E-state index < -0.39 is 10.1 Å². The number of carbonyl (C=O) groups is 2. The molecule has 1 fully saturated rings. The van der Waals surface area contributed by atoms with Crippen LogP contribution in [0.1, 0.15) is 52.0 Å². The van der Waals surface area contributed by atoms with Gasteiger partial charge in [-0.15, -0.1) is 0 Å². The van der Waals surface area contributed by atoms with E-state index in [2.05, 4.69) is 5.73 Å². The Hall–Kier alpha value is -2.55. The van der Waals surface area contributed by atoms with Gasteiger partial charge in [0.1, 0.15) is 16.2 Å². The Balaban J connectivity index is 0.000000188. The molecule has 2 aliphatic rings. The van der Waals surface area contributed by atoms with Gasteiger partial charge >= 0.3 is 0 Å². The molecule has 1 heterocycles. The van der Waals surface area contributed by atoms with Gasteiger partial charge in [0, 0.05) is 6.42 Å². The van der Waals surface area contributed by atoms with Crippen molar-refractivity contribution in [3.8, 4) is 0 Å². The third-order valence-corrected chi connectivity index (χ3v) is 6.19. The average molecular weight is 416 g/mol. The molecule has 0 radical (unpaired) electrons. The van der Waals surface area contributed by atoms with Crippen molar-refractivity contribution in [2.24, 2.45) is 0 Å². The first-order chi connectivity index (χ1) is 13.7. The minimum Gasteiger partial charge on any atom is -0.744 e. The number of carbonyl (C=O) groups excluding carboxylic acids is 2. The van der Waals surface area contributed by atoms with Crippen molar-refractivity contribution in [2.75, 3.05) is 0 Å². The lowest BCUT2D eigenvalue weighted by molar-refractivity contribution is -0.434. The van der Waals surface area contributed by atoms with Crippen LogP contribution in [-0.4, -0.2) is 41.8 Å². The highest BCUT2D eigenvalue weighted by atomic mass is 32.2. The second-order valence-electron chi connectivity index (χ2n) is 7.40. The zero-order valence-electron chi connectivity index (χ0n) is 16.2. The van der Waals surface area contributed by atoms with E-state index in [1.807, 2.05) is 6.92 Å². The Morgan fingerprint density at radius 3 is 1.93 bits per heavy atom. The molecule has 7 nitrogen and oxygen atoms in total. The second kappa shape index (κ2) is 8.44. The van der Waals surface area contributed by atoms with Gasteiger partial charge in [0.15, 0.2) is 0 Å². The van der Waals surface area contributed by atoms with Crippen LogP contribution in [0.5, 0.6) is 0 Å². The number of hydrogen-bond donors (Lipinski definition) is 1. The first kappa shape index (κ1) is 21.2. The molecule has 0 aromatic heterocycles. The summed E-state index contributed by atoms with van der Waals surface area (Å²) in [7, 11) is -4.27. The molecule has 1 saturated carbocycles. The highest BCUT2D eigenvalue weighted by Crippen LogP contribution is 2.29. The SMILES string of the molecule is Cc1ccc(S(=O)(=O)[O-])cc1.[NH3+][C@@H]1CCCC[C@H]1N1C(=O)c2ccccc2C1=O. The van der Waals surface area contributed by atoms with E-state index >= 15 is 0 Å². The van der Waals surface area contributed by atoms with E-state index in [1.54, 1.807) is 36.4 Å². The van der Waals surface area contributed by atoms with Gasteiger partial charge in [-0.25, -0.2) is 8.42 Å². The minimum atomic E-state index is -4.27. The van der Waals surface area contributed by atoms with E-state index in [9.17, 15) is 22.6 Å². The number of aryl methyl sites for hydroxylation is 1. The lowest BCUT2D eigenvalue weighted by atomic mass is 9.90. The van der Waals surface area contributed by atoms with Crippen LogP contribution in [0.15, 0.2) is 53.4 Å². The van der Waals surface area contributed by atoms with Gasteiger partial charge in [-0.2, -0.15) is 0 Å². The molecule has 154 valence electrons. The van der Waals surface area contributed by atoms with Gasteiger partial charge in [-0.3, -0.25) is 14.5 Å². The molecular weight excluding hydrogens is 392 g/mol. The molecule has 0 spiro atoms. The number of imide groups is 1. The van der Waals surface area contributed by atoms with Crippen molar-refractivity contribution >= 4 is 21.9 Å². The fraction of sp³-hybridized carbons (Fsp3) is 0.333. The van der Waals surface area contributed by atoms with Crippen molar-refractivity contribution in [1.82, 2.24) is 4.90 Å².